The van der Waals surface area contributed by atoms with E-state index in [0.29, 0.717) is 16.1 Å². The Bertz CT molecular complexity index is 599. The van der Waals surface area contributed by atoms with Crippen LogP contribution in [0.1, 0.15) is 17.1 Å². The molecule has 0 unspecified atom stereocenters. The molecule has 0 bridgehead atoms. The van der Waals surface area contributed by atoms with Crippen LogP contribution >= 0.6 is 15.9 Å². The van der Waals surface area contributed by atoms with Crippen molar-refractivity contribution in [2.24, 2.45) is 0 Å². The SMILES string of the molecule is Cc1cc(C)n(-c2nc(C)c(Br)c(=O)[nH]2)n1. The molecule has 0 aliphatic rings. The smallest absolute Gasteiger partial charge is 0.266 e. The minimum absolute atomic E-state index is 0.199. The predicted octanol–water partition coefficient (Wildman–Crippen LogP) is 1.64. The summed E-state index contributed by atoms with van der Waals surface area (Å²) in [4.78, 5) is 18.5. The summed E-state index contributed by atoms with van der Waals surface area (Å²) in [7, 11) is 0. The number of aromatic nitrogens is 4. The summed E-state index contributed by atoms with van der Waals surface area (Å²) in [5.74, 6) is 0.441. The molecule has 0 saturated heterocycles. The summed E-state index contributed by atoms with van der Waals surface area (Å²) < 4.78 is 2.08. The van der Waals surface area contributed by atoms with Gasteiger partial charge in [-0.25, -0.2) is 9.67 Å². The van der Waals surface area contributed by atoms with Crippen LogP contribution in [0.5, 0.6) is 0 Å². The van der Waals surface area contributed by atoms with E-state index in [-0.39, 0.29) is 5.56 Å². The van der Waals surface area contributed by atoms with Gasteiger partial charge in [0.1, 0.15) is 4.47 Å². The van der Waals surface area contributed by atoms with E-state index in [1.165, 1.54) is 0 Å². The summed E-state index contributed by atoms with van der Waals surface area (Å²) in [5.41, 5.74) is 2.27. The molecule has 2 aromatic heterocycles. The van der Waals surface area contributed by atoms with E-state index in [1.807, 2.05) is 19.9 Å². The van der Waals surface area contributed by atoms with Crippen LogP contribution in [-0.4, -0.2) is 19.7 Å². The van der Waals surface area contributed by atoms with Crippen molar-refractivity contribution in [3.8, 4) is 5.95 Å². The van der Waals surface area contributed by atoms with Crippen LogP contribution in [0.25, 0.3) is 5.95 Å². The molecular formula is C10H11BrN4O. The maximum absolute atomic E-state index is 11.6. The Balaban J connectivity index is 2.66. The maximum Gasteiger partial charge on any atom is 0.266 e. The van der Waals surface area contributed by atoms with Crippen molar-refractivity contribution >= 4 is 15.9 Å². The molecule has 0 aliphatic carbocycles. The van der Waals surface area contributed by atoms with Gasteiger partial charge in [0, 0.05) is 5.69 Å². The summed E-state index contributed by atoms with van der Waals surface area (Å²) >= 11 is 3.17. The van der Waals surface area contributed by atoms with Crippen LogP contribution < -0.4 is 5.56 Å². The third-order valence-electron chi connectivity index (χ3n) is 2.23. The summed E-state index contributed by atoms with van der Waals surface area (Å²) in [6, 6.07) is 1.93. The van der Waals surface area contributed by atoms with E-state index < -0.39 is 0 Å². The minimum Gasteiger partial charge on any atom is -0.290 e. The Labute approximate surface area is 101 Å². The highest BCUT2D eigenvalue weighted by molar-refractivity contribution is 9.10. The fraction of sp³-hybridized carbons (Fsp3) is 0.300. The van der Waals surface area contributed by atoms with Gasteiger partial charge in [0.15, 0.2) is 0 Å². The van der Waals surface area contributed by atoms with Crippen molar-refractivity contribution in [2.75, 3.05) is 0 Å². The zero-order valence-corrected chi connectivity index (χ0v) is 10.8. The topological polar surface area (TPSA) is 63.6 Å². The van der Waals surface area contributed by atoms with Crippen LogP contribution in [0.2, 0.25) is 0 Å². The molecule has 6 heteroatoms. The lowest BCUT2D eigenvalue weighted by Gasteiger charge is -2.04. The molecule has 0 atom stereocenters. The third-order valence-corrected chi connectivity index (χ3v) is 3.16. The average molecular weight is 283 g/mol. The number of aryl methyl sites for hydroxylation is 3. The molecule has 2 rings (SSSR count). The molecule has 2 heterocycles. The van der Waals surface area contributed by atoms with E-state index in [1.54, 1.807) is 11.6 Å². The van der Waals surface area contributed by atoms with Crippen molar-refractivity contribution in [1.29, 1.82) is 0 Å². The second-order valence-corrected chi connectivity index (χ2v) is 4.42. The van der Waals surface area contributed by atoms with Crippen molar-refractivity contribution < 1.29 is 0 Å². The highest BCUT2D eigenvalue weighted by atomic mass is 79.9. The normalized spacial score (nSPS) is 10.8. The van der Waals surface area contributed by atoms with E-state index in [0.717, 1.165) is 11.4 Å². The molecule has 0 amide bonds. The fourth-order valence-corrected chi connectivity index (χ4v) is 1.69. The molecule has 1 N–H and O–H groups in total. The Morgan fingerprint density at radius 1 is 1.38 bits per heavy atom. The van der Waals surface area contributed by atoms with E-state index in [9.17, 15) is 4.79 Å². The standard InChI is InChI=1S/C10H11BrN4O/c1-5-4-6(2)15(14-5)10-12-7(3)8(11)9(16)13-10/h4H,1-3H3,(H,12,13,16). The Morgan fingerprint density at radius 3 is 2.56 bits per heavy atom. The molecule has 16 heavy (non-hydrogen) atoms. The summed E-state index contributed by atoms with van der Waals surface area (Å²) in [6.45, 7) is 5.58. The lowest BCUT2D eigenvalue weighted by Crippen LogP contribution is -2.16. The average Bonchev–Trinajstić information content (AvgIpc) is 2.53. The largest absolute Gasteiger partial charge is 0.290 e. The molecule has 84 valence electrons. The number of aromatic amines is 1. The first-order chi connectivity index (χ1) is 7.49. The van der Waals surface area contributed by atoms with Crippen LogP contribution in [0, 0.1) is 20.8 Å². The first-order valence-electron chi connectivity index (χ1n) is 4.79. The molecule has 0 saturated carbocycles. The van der Waals surface area contributed by atoms with Gasteiger partial charge in [-0.2, -0.15) is 5.10 Å². The number of nitrogens with one attached hydrogen (secondary N) is 1. The molecule has 0 aliphatic heterocycles. The highest BCUT2D eigenvalue weighted by Gasteiger charge is 2.09. The molecule has 0 fully saturated rings. The lowest BCUT2D eigenvalue weighted by atomic mass is 10.4. The van der Waals surface area contributed by atoms with Gasteiger partial charge < -0.3 is 0 Å². The van der Waals surface area contributed by atoms with Gasteiger partial charge >= 0.3 is 0 Å². The number of rotatable bonds is 1. The highest BCUT2D eigenvalue weighted by Crippen LogP contribution is 2.11. The van der Waals surface area contributed by atoms with Gasteiger partial charge in [-0.05, 0) is 42.8 Å². The number of hydrogen-bond acceptors (Lipinski definition) is 3. The van der Waals surface area contributed by atoms with E-state index in [4.69, 9.17) is 0 Å². The van der Waals surface area contributed by atoms with E-state index >= 15 is 0 Å². The molecule has 5 nitrogen and oxygen atoms in total. The van der Waals surface area contributed by atoms with Gasteiger partial charge in [0.05, 0.1) is 11.4 Å². The van der Waals surface area contributed by atoms with Crippen molar-refractivity contribution in [1.82, 2.24) is 19.7 Å². The van der Waals surface area contributed by atoms with Crippen LogP contribution in [0.3, 0.4) is 0 Å². The molecule has 0 spiro atoms. The van der Waals surface area contributed by atoms with Crippen molar-refractivity contribution in [3.05, 3.63) is 38.0 Å². The van der Waals surface area contributed by atoms with Crippen LogP contribution in [-0.2, 0) is 0 Å². The first-order valence-corrected chi connectivity index (χ1v) is 5.58. The Hall–Kier alpha value is -1.43. The zero-order chi connectivity index (χ0) is 11.9. The third kappa shape index (κ3) is 1.80. The second kappa shape index (κ2) is 3.86. The number of hydrogen-bond donors (Lipinski definition) is 1. The molecule has 0 radical (unpaired) electrons. The van der Waals surface area contributed by atoms with Gasteiger partial charge in [-0.15, -0.1) is 0 Å². The lowest BCUT2D eigenvalue weighted by molar-refractivity contribution is 0.760. The van der Waals surface area contributed by atoms with Crippen molar-refractivity contribution in [3.63, 3.8) is 0 Å². The summed E-state index contributed by atoms with van der Waals surface area (Å²) in [6.07, 6.45) is 0. The monoisotopic (exact) mass is 282 g/mol. The number of halogens is 1. The number of H-pyrrole nitrogens is 1. The van der Waals surface area contributed by atoms with Gasteiger partial charge in [-0.3, -0.25) is 9.78 Å². The first kappa shape index (κ1) is 11.1. The van der Waals surface area contributed by atoms with Crippen LogP contribution in [0.15, 0.2) is 15.3 Å². The molecule has 0 aromatic carbocycles. The Kier molecular flexibility index (Phi) is 2.67. The fourth-order valence-electron chi connectivity index (χ4n) is 1.50. The predicted molar refractivity (Wildman–Crippen MR) is 63.9 cm³/mol. The summed E-state index contributed by atoms with van der Waals surface area (Å²) in [5, 5.41) is 4.26. The molecular weight excluding hydrogens is 272 g/mol. The van der Waals surface area contributed by atoms with Gasteiger partial charge in [-0.1, -0.05) is 0 Å². The van der Waals surface area contributed by atoms with Crippen LogP contribution in [0.4, 0.5) is 0 Å². The molecule has 2 aromatic rings. The zero-order valence-electron chi connectivity index (χ0n) is 9.21. The second-order valence-electron chi connectivity index (χ2n) is 3.63. The quantitative estimate of drug-likeness (QED) is 0.865. The van der Waals surface area contributed by atoms with Gasteiger partial charge in [0.2, 0.25) is 5.95 Å². The van der Waals surface area contributed by atoms with Crippen molar-refractivity contribution in [2.45, 2.75) is 20.8 Å². The minimum atomic E-state index is -0.199. The Morgan fingerprint density at radius 2 is 2.06 bits per heavy atom. The number of nitrogens with zero attached hydrogens (tertiary/aromatic N) is 3. The van der Waals surface area contributed by atoms with E-state index in [2.05, 4.69) is 31.0 Å². The van der Waals surface area contributed by atoms with Gasteiger partial charge in [0.25, 0.3) is 5.56 Å². The maximum atomic E-state index is 11.6.